The molecule has 0 radical (unpaired) electrons. The number of nitrogens with two attached hydrogens (primary N) is 1. The van der Waals surface area contributed by atoms with Gasteiger partial charge in [0.15, 0.2) is 4.33 Å². The number of nitrogens with one attached hydrogen (secondary N) is 1. The summed E-state index contributed by atoms with van der Waals surface area (Å²) in [4.78, 5) is 34.4. The Kier molecular flexibility index (Phi) is 5.18. The van der Waals surface area contributed by atoms with Gasteiger partial charge >= 0.3 is 0 Å². The first-order valence-corrected chi connectivity index (χ1v) is 12.1. The van der Waals surface area contributed by atoms with Crippen molar-refractivity contribution in [3.05, 3.63) is 39.9 Å². The number of hydrazine groups is 1. The zero-order valence-corrected chi connectivity index (χ0v) is 20.1. The number of halogens is 6. The van der Waals surface area contributed by atoms with E-state index >= 15 is 0 Å². The average molecular weight is 568 g/mol. The standard InChI is InChI=1S/C16H9Cl6N3O5S/c17-9-10(18)15(20)8-7(14(9,19)16(15,21)22)12(27)25(13(8)28)24-11(26)5-1-3-6(4-2-5)31(23,29)30/h1-4,7-8H,(H,24,26)(H2,23,29,30). The van der Waals surface area contributed by atoms with Gasteiger partial charge in [0.1, 0.15) is 9.75 Å². The lowest BCUT2D eigenvalue weighted by atomic mass is 9.84. The SMILES string of the molecule is NS(=O)(=O)c1ccc(C(=O)NN2C(=O)C3C(C2=O)C2(Cl)C(Cl)=C(Cl)C3(Cl)C2(Cl)Cl)cc1. The third kappa shape index (κ3) is 2.72. The van der Waals surface area contributed by atoms with Crippen molar-refractivity contribution in [1.82, 2.24) is 10.4 Å². The van der Waals surface area contributed by atoms with Crippen LogP contribution in [0.5, 0.6) is 0 Å². The van der Waals surface area contributed by atoms with Crippen molar-refractivity contribution in [2.45, 2.75) is 19.0 Å². The number of hydrogen-bond donors (Lipinski definition) is 2. The summed E-state index contributed by atoms with van der Waals surface area (Å²) in [5.74, 6) is -5.55. The van der Waals surface area contributed by atoms with Gasteiger partial charge in [-0.25, -0.2) is 13.6 Å². The van der Waals surface area contributed by atoms with E-state index in [9.17, 15) is 22.8 Å². The summed E-state index contributed by atoms with van der Waals surface area (Å²) < 4.78 is 20.6. The van der Waals surface area contributed by atoms with Crippen molar-refractivity contribution in [1.29, 1.82) is 0 Å². The summed E-state index contributed by atoms with van der Waals surface area (Å²) in [5.41, 5.74) is 2.09. The smallest absolute Gasteiger partial charge is 0.270 e. The van der Waals surface area contributed by atoms with E-state index in [0.29, 0.717) is 5.01 Å². The van der Waals surface area contributed by atoms with Crippen molar-refractivity contribution in [3.63, 3.8) is 0 Å². The number of allylic oxidation sites excluding steroid dienone is 2. The molecule has 4 atom stereocenters. The molecule has 1 aromatic carbocycles. The lowest BCUT2D eigenvalue weighted by Gasteiger charge is -2.34. The van der Waals surface area contributed by atoms with Crippen LogP contribution in [0, 0.1) is 11.8 Å². The molecule has 0 spiro atoms. The number of fused-ring (bicyclic) bond motifs is 5. The normalized spacial score (nSPS) is 33.8. The zero-order valence-electron chi connectivity index (χ0n) is 14.7. The van der Waals surface area contributed by atoms with Crippen LogP contribution in [-0.4, -0.2) is 45.2 Å². The highest BCUT2D eigenvalue weighted by molar-refractivity contribution is 7.89. The highest BCUT2D eigenvalue weighted by Gasteiger charge is 2.87. The molecule has 3 N–H and O–H groups in total. The predicted molar refractivity (Wildman–Crippen MR) is 114 cm³/mol. The number of imide groups is 1. The van der Waals surface area contributed by atoms with E-state index < -0.39 is 53.7 Å². The lowest BCUT2D eigenvalue weighted by molar-refractivity contribution is -0.143. The predicted octanol–water partition coefficient (Wildman–Crippen LogP) is 2.43. The van der Waals surface area contributed by atoms with Gasteiger partial charge in [0.25, 0.3) is 17.7 Å². The first kappa shape index (κ1) is 23.4. The molecular formula is C16H9Cl6N3O5S. The van der Waals surface area contributed by atoms with Crippen LogP contribution < -0.4 is 10.6 Å². The second kappa shape index (κ2) is 6.87. The van der Waals surface area contributed by atoms with Gasteiger partial charge in [-0.1, -0.05) is 46.4 Å². The average Bonchev–Trinajstić information content (AvgIpc) is 3.06. The van der Waals surface area contributed by atoms with E-state index in [1.165, 1.54) is 0 Å². The molecule has 1 saturated heterocycles. The van der Waals surface area contributed by atoms with Gasteiger partial charge in [0.05, 0.1) is 26.8 Å². The zero-order chi connectivity index (χ0) is 23.3. The van der Waals surface area contributed by atoms with Gasteiger partial charge in [-0.15, -0.1) is 23.2 Å². The number of sulfonamides is 1. The fourth-order valence-corrected chi connectivity index (χ4v) is 7.51. The maximum absolute atomic E-state index is 13.0. The number of carbonyl (C=O) groups excluding carboxylic acids is 3. The molecule has 1 aromatic rings. The Morgan fingerprint density at radius 3 is 1.74 bits per heavy atom. The fourth-order valence-electron chi connectivity index (χ4n) is 4.07. The van der Waals surface area contributed by atoms with Crippen molar-refractivity contribution in [2.75, 3.05) is 0 Å². The molecule has 166 valence electrons. The van der Waals surface area contributed by atoms with Gasteiger partial charge in [0, 0.05) is 5.56 Å². The Hall–Kier alpha value is -0.780. The molecule has 8 nitrogen and oxygen atoms in total. The molecule has 3 amide bonds. The van der Waals surface area contributed by atoms with Crippen LogP contribution in [0.2, 0.25) is 0 Å². The Bertz CT molecular complexity index is 1160. The second-order valence-electron chi connectivity index (χ2n) is 7.10. The van der Waals surface area contributed by atoms with Crippen LogP contribution in [0.3, 0.4) is 0 Å². The van der Waals surface area contributed by atoms with E-state index in [-0.39, 0.29) is 20.5 Å². The van der Waals surface area contributed by atoms with Crippen molar-refractivity contribution >= 4 is 97.4 Å². The molecule has 4 rings (SSSR count). The Balaban J connectivity index is 1.66. The molecule has 3 aliphatic rings. The Morgan fingerprint density at radius 1 is 0.935 bits per heavy atom. The van der Waals surface area contributed by atoms with Crippen molar-refractivity contribution in [3.8, 4) is 0 Å². The number of rotatable bonds is 3. The monoisotopic (exact) mass is 565 g/mol. The summed E-state index contributed by atoms with van der Waals surface area (Å²) >= 11 is 38.2. The lowest BCUT2D eigenvalue weighted by Crippen LogP contribution is -2.54. The van der Waals surface area contributed by atoms with E-state index in [1.807, 2.05) is 0 Å². The number of hydrogen-bond acceptors (Lipinski definition) is 5. The summed E-state index contributed by atoms with van der Waals surface area (Å²) in [6.07, 6.45) is 0. The fraction of sp³-hybridized carbons (Fsp3) is 0.312. The quantitative estimate of drug-likeness (QED) is 0.428. The van der Waals surface area contributed by atoms with Crippen LogP contribution in [-0.2, 0) is 19.6 Å². The highest BCUT2D eigenvalue weighted by atomic mass is 35.5. The molecule has 2 aliphatic carbocycles. The summed E-state index contributed by atoms with van der Waals surface area (Å²) in [5, 5.41) is 4.93. The first-order valence-electron chi connectivity index (χ1n) is 8.25. The first-order chi connectivity index (χ1) is 14.1. The maximum Gasteiger partial charge on any atom is 0.270 e. The number of carbonyl (C=O) groups is 3. The van der Waals surface area contributed by atoms with Gasteiger partial charge in [-0.05, 0) is 24.3 Å². The van der Waals surface area contributed by atoms with Crippen LogP contribution in [0.1, 0.15) is 10.4 Å². The van der Waals surface area contributed by atoms with Crippen LogP contribution in [0.4, 0.5) is 0 Å². The summed E-state index contributed by atoms with van der Waals surface area (Å²) in [6.45, 7) is 0. The van der Waals surface area contributed by atoms with Gasteiger partial charge < -0.3 is 0 Å². The highest BCUT2D eigenvalue weighted by Crippen LogP contribution is 2.77. The largest absolute Gasteiger partial charge is 0.272 e. The topological polar surface area (TPSA) is 127 Å². The van der Waals surface area contributed by atoms with Crippen molar-refractivity contribution < 1.29 is 22.8 Å². The molecule has 0 aromatic heterocycles. The van der Waals surface area contributed by atoms with E-state index in [0.717, 1.165) is 24.3 Å². The summed E-state index contributed by atoms with van der Waals surface area (Å²) in [6, 6.07) is 4.48. The summed E-state index contributed by atoms with van der Waals surface area (Å²) in [7, 11) is -3.97. The number of alkyl halides is 4. The molecule has 15 heteroatoms. The Morgan fingerprint density at radius 2 is 1.35 bits per heavy atom. The number of nitrogens with zero attached hydrogens (tertiary/aromatic N) is 1. The minimum atomic E-state index is -3.97. The van der Waals surface area contributed by atoms with Gasteiger partial charge in [-0.3, -0.25) is 19.8 Å². The van der Waals surface area contributed by atoms with E-state index in [2.05, 4.69) is 5.43 Å². The molecule has 1 heterocycles. The van der Waals surface area contributed by atoms with E-state index in [1.54, 1.807) is 0 Å². The number of benzene rings is 1. The molecule has 1 saturated carbocycles. The van der Waals surface area contributed by atoms with Gasteiger partial charge in [-0.2, -0.15) is 5.01 Å². The van der Waals surface area contributed by atoms with Crippen LogP contribution in [0.15, 0.2) is 39.2 Å². The third-order valence-corrected chi connectivity index (χ3v) is 10.8. The van der Waals surface area contributed by atoms with Crippen LogP contribution in [0.25, 0.3) is 0 Å². The minimum absolute atomic E-state index is 0.0626. The molecule has 2 bridgehead atoms. The number of primary sulfonamides is 1. The molecule has 31 heavy (non-hydrogen) atoms. The Labute approximate surface area is 205 Å². The minimum Gasteiger partial charge on any atom is -0.272 e. The third-order valence-electron chi connectivity index (χ3n) is 5.57. The maximum atomic E-state index is 13.0. The number of amides is 3. The molecule has 1 aliphatic heterocycles. The molecule has 2 fully saturated rings. The van der Waals surface area contributed by atoms with E-state index in [4.69, 9.17) is 74.7 Å². The second-order valence-corrected chi connectivity index (χ2v) is 11.9. The van der Waals surface area contributed by atoms with Crippen molar-refractivity contribution in [2.24, 2.45) is 17.0 Å². The molecular weight excluding hydrogens is 559 g/mol. The van der Waals surface area contributed by atoms with Crippen LogP contribution >= 0.6 is 69.6 Å². The van der Waals surface area contributed by atoms with Gasteiger partial charge in [0.2, 0.25) is 10.0 Å². The molecule has 4 unspecified atom stereocenters.